The smallest absolute Gasteiger partial charge is 0.230 e. The summed E-state index contributed by atoms with van der Waals surface area (Å²) in [5, 5.41) is 12.5. The molecule has 0 spiro atoms. The van der Waals surface area contributed by atoms with Gasteiger partial charge in [-0.25, -0.2) is 9.97 Å². The van der Waals surface area contributed by atoms with E-state index in [0.29, 0.717) is 54.7 Å². The maximum atomic E-state index is 13.4. The highest BCUT2D eigenvalue weighted by atomic mass is 16.5. The Bertz CT molecular complexity index is 2360. The molecule has 4 aromatic carbocycles. The number of aryl methyl sites for hydroxylation is 4. The fourth-order valence-corrected chi connectivity index (χ4v) is 9.06. The molecule has 10 nitrogen and oxygen atoms in total. The number of nitrogens with zero attached hydrogens (tertiary/aromatic N) is 3. The Morgan fingerprint density at radius 3 is 2.31 bits per heavy atom. The summed E-state index contributed by atoms with van der Waals surface area (Å²) in [5.74, 6) is 0.579. The Balaban J connectivity index is 0.851. The lowest BCUT2D eigenvalue weighted by Crippen LogP contribution is -2.54. The molecule has 302 valence electrons. The number of nitrogens with one attached hydrogen (secondary N) is 1. The number of hydrogen-bond acceptors (Lipinski definition) is 9. The minimum Gasteiger partial charge on any atom is -0.508 e. The monoisotopic (exact) mass is 790 g/mol. The van der Waals surface area contributed by atoms with Crippen LogP contribution in [0.1, 0.15) is 117 Å². The van der Waals surface area contributed by atoms with Crippen LogP contribution in [0, 0.1) is 5.92 Å². The van der Waals surface area contributed by atoms with Crippen LogP contribution in [-0.4, -0.2) is 57.6 Å². The zero-order valence-corrected chi connectivity index (χ0v) is 33.7. The number of imide groups is 1. The summed E-state index contributed by atoms with van der Waals surface area (Å²) in [6.45, 7) is 4.88. The summed E-state index contributed by atoms with van der Waals surface area (Å²) in [7, 11) is 0. The molecule has 59 heavy (non-hydrogen) atoms. The number of phenolic OH excluding ortho intramolecular Hbond substituents is 1. The zero-order valence-electron chi connectivity index (χ0n) is 33.7. The highest BCUT2D eigenvalue weighted by Crippen LogP contribution is 2.47. The molecule has 2 saturated heterocycles. The number of Topliss-reactive ketones (excluding diaryl/α,β-unsaturated/α-hetero) is 2. The van der Waals surface area contributed by atoms with E-state index < -0.39 is 11.8 Å². The summed E-state index contributed by atoms with van der Waals surface area (Å²) >= 11 is 0. The van der Waals surface area contributed by atoms with Gasteiger partial charge in [0.25, 0.3) is 0 Å². The second-order valence-electron chi connectivity index (χ2n) is 16.2. The first-order valence-electron chi connectivity index (χ1n) is 20.9. The lowest BCUT2D eigenvalue weighted by molar-refractivity contribution is -0.136. The number of anilines is 1. The van der Waals surface area contributed by atoms with Crippen molar-refractivity contribution in [3.05, 3.63) is 147 Å². The lowest BCUT2D eigenvalue weighted by Gasteiger charge is -2.39. The number of carbonyl (C=O) groups is 4. The Hall–Kier alpha value is -6.16. The molecule has 1 aromatic heterocycles. The average Bonchev–Trinajstić information content (AvgIpc) is 3.23. The number of ketones is 2. The standard InChI is InChI=1S/C49H50N4O6/c1-3-32-23-43(30(2)54)44(45(56)25-37-15-21-46(57)52-48(37)58)24-35(32)11-7-8-31-26-50-49(51-27-31)53-28-40(29-53)59-39-17-12-34(13-18-39)47-41(33-9-5-4-6-10-33)19-14-36-22-38(55)16-20-42(36)47/h4-6,9-10,12-13,16-18,20,22-24,26-27,37,40-41,47,55H,3,7-8,11,14-15,19,21,25,28-29H2,1-2H3,(H,52,57,58). The molecule has 0 bridgehead atoms. The van der Waals surface area contributed by atoms with Crippen molar-refractivity contribution >= 4 is 29.3 Å². The SMILES string of the molecule is CCc1cc(C(C)=O)c(C(=O)CC2CCC(=O)NC2=O)cc1CCCc1cnc(N2CC(Oc3ccc(C4c5ccc(O)cc5CCC4c4ccccc4)cc3)C2)nc1. The number of ether oxygens (including phenoxy) is 1. The number of carbonyl (C=O) groups excluding carboxylic acids is 4. The Kier molecular flexibility index (Phi) is 11.7. The van der Waals surface area contributed by atoms with Crippen molar-refractivity contribution in [3.63, 3.8) is 0 Å². The van der Waals surface area contributed by atoms with Gasteiger partial charge in [0.2, 0.25) is 17.8 Å². The topological polar surface area (TPSA) is 139 Å². The van der Waals surface area contributed by atoms with Gasteiger partial charge in [-0.3, -0.25) is 24.5 Å². The number of rotatable bonds is 14. The summed E-state index contributed by atoms with van der Waals surface area (Å²) < 4.78 is 6.37. The number of benzene rings is 4. The molecule has 3 aliphatic rings. The first kappa shape index (κ1) is 39.7. The molecule has 2 N–H and O–H groups in total. The van der Waals surface area contributed by atoms with Gasteiger partial charge in [0.1, 0.15) is 17.6 Å². The van der Waals surface area contributed by atoms with E-state index in [1.165, 1.54) is 29.2 Å². The second kappa shape index (κ2) is 17.4. The molecule has 2 fully saturated rings. The van der Waals surface area contributed by atoms with Crippen LogP contribution in [0.2, 0.25) is 0 Å². The maximum absolute atomic E-state index is 13.4. The molecule has 2 amide bonds. The number of piperidine rings is 1. The number of fused-ring (bicyclic) bond motifs is 1. The molecular weight excluding hydrogens is 741 g/mol. The van der Waals surface area contributed by atoms with Gasteiger partial charge in [0.05, 0.1) is 13.1 Å². The third-order valence-electron chi connectivity index (χ3n) is 12.3. The van der Waals surface area contributed by atoms with E-state index in [1.807, 2.05) is 37.5 Å². The van der Waals surface area contributed by atoms with Gasteiger partial charge in [-0.1, -0.05) is 55.5 Å². The van der Waals surface area contributed by atoms with Crippen LogP contribution in [-0.2, 0) is 35.3 Å². The van der Waals surface area contributed by atoms with E-state index in [2.05, 4.69) is 80.8 Å². The quantitative estimate of drug-likeness (QED) is 0.0850. The van der Waals surface area contributed by atoms with Crippen LogP contribution in [0.3, 0.4) is 0 Å². The Labute approximate surface area is 345 Å². The largest absolute Gasteiger partial charge is 0.508 e. The van der Waals surface area contributed by atoms with Crippen molar-refractivity contribution in [3.8, 4) is 11.5 Å². The number of phenols is 1. The van der Waals surface area contributed by atoms with E-state index in [9.17, 15) is 24.3 Å². The van der Waals surface area contributed by atoms with Gasteiger partial charge in [-0.15, -0.1) is 0 Å². The van der Waals surface area contributed by atoms with Crippen molar-refractivity contribution in [2.75, 3.05) is 18.0 Å². The zero-order chi connectivity index (χ0) is 41.0. The average molecular weight is 791 g/mol. The van der Waals surface area contributed by atoms with E-state index in [-0.39, 0.29) is 42.3 Å². The molecule has 10 heteroatoms. The van der Waals surface area contributed by atoms with E-state index >= 15 is 0 Å². The van der Waals surface area contributed by atoms with Crippen LogP contribution in [0.5, 0.6) is 11.5 Å². The molecule has 1 aliphatic carbocycles. The molecule has 8 rings (SSSR count). The maximum Gasteiger partial charge on any atom is 0.230 e. The second-order valence-corrected chi connectivity index (χ2v) is 16.2. The minimum atomic E-state index is -0.581. The van der Waals surface area contributed by atoms with E-state index in [1.54, 1.807) is 6.07 Å². The van der Waals surface area contributed by atoms with Crippen LogP contribution in [0.4, 0.5) is 5.95 Å². The van der Waals surface area contributed by atoms with Gasteiger partial charge >= 0.3 is 0 Å². The third-order valence-corrected chi connectivity index (χ3v) is 12.3. The lowest BCUT2D eigenvalue weighted by atomic mass is 9.69. The summed E-state index contributed by atoms with van der Waals surface area (Å²) in [5.41, 5.74) is 8.84. The third kappa shape index (κ3) is 8.82. The molecule has 3 atom stereocenters. The van der Waals surface area contributed by atoms with Crippen LogP contribution >= 0.6 is 0 Å². The highest BCUT2D eigenvalue weighted by molar-refractivity contribution is 6.10. The number of aromatic nitrogens is 2. The van der Waals surface area contributed by atoms with Crippen molar-refractivity contribution in [2.45, 2.75) is 89.6 Å². The minimum absolute atomic E-state index is 0.0301. The fourth-order valence-electron chi connectivity index (χ4n) is 9.06. The molecule has 0 saturated carbocycles. The fraction of sp³-hybridized carbons (Fsp3) is 0.347. The predicted molar refractivity (Wildman–Crippen MR) is 225 cm³/mol. The number of aromatic hydroxyl groups is 1. The Morgan fingerprint density at radius 2 is 1.59 bits per heavy atom. The van der Waals surface area contributed by atoms with E-state index in [4.69, 9.17) is 4.74 Å². The Morgan fingerprint density at radius 1 is 0.847 bits per heavy atom. The van der Waals surface area contributed by atoms with Crippen molar-refractivity contribution < 1.29 is 29.0 Å². The van der Waals surface area contributed by atoms with Crippen molar-refractivity contribution in [1.29, 1.82) is 0 Å². The van der Waals surface area contributed by atoms with Gasteiger partial charge < -0.3 is 14.7 Å². The van der Waals surface area contributed by atoms with Crippen LogP contribution in [0.25, 0.3) is 0 Å². The highest BCUT2D eigenvalue weighted by Gasteiger charge is 2.34. The molecular formula is C49H50N4O6. The molecule has 3 unspecified atom stereocenters. The normalized spacial score (nSPS) is 19.1. The molecule has 2 aliphatic heterocycles. The summed E-state index contributed by atoms with van der Waals surface area (Å²) in [6.07, 6.45) is 9.21. The van der Waals surface area contributed by atoms with Crippen LogP contribution in [0.15, 0.2) is 97.3 Å². The molecule has 5 aromatic rings. The first-order chi connectivity index (χ1) is 28.6. The molecule has 0 radical (unpaired) electrons. The first-order valence-corrected chi connectivity index (χ1v) is 20.9. The van der Waals surface area contributed by atoms with Gasteiger partial charge in [-0.2, -0.15) is 0 Å². The van der Waals surface area contributed by atoms with Crippen molar-refractivity contribution in [1.82, 2.24) is 15.3 Å². The molecule has 3 heterocycles. The van der Waals surface area contributed by atoms with E-state index in [0.717, 1.165) is 54.5 Å². The summed E-state index contributed by atoms with van der Waals surface area (Å²) in [4.78, 5) is 61.4. The van der Waals surface area contributed by atoms with Crippen LogP contribution < -0.4 is 15.0 Å². The number of amides is 2. The number of hydrogen-bond donors (Lipinski definition) is 2. The van der Waals surface area contributed by atoms with Gasteiger partial charge in [-0.05, 0) is 133 Å². The van der Waals surface area contributed by atoms with Gasteiger partial charge in [0.15, 0.2) is 11.6 Å². The predicted octanol–water partition coefficient (Wildman–Crippen LogP) is 7.88. The summed E-state index contributed by atoms with van der Waals surface area (Å²) in [6, 6.07) is 28.7. The van der Waals surface area contributed by atoms with Crippen molar-refractivity contribution in [2.24, 2.45) is 5.92 Å². The van der Waals surface area contributed by atoms with Gasteiger partial charge in [0, 0.05) is 48.2 Å².